The van der Waals surface area contributed by atoms with Crippen LogP contribution in [0.15, 0.2) is 82.2 Å². The van der Waals surface area contributed by atoms with E-state index in [1.54, 1.807) is 37.3 Å². The molecule has 0 bridgehead atoms. The highest BCUT2D eigenvalue weighted by Gasteiger charge is 2.18. The number of esters is 1. The van der Waals surface area contributed by atoms with Crippen molar-refractivity contribution in [1.29, 1.82) is 0 Å². The minimum atomic E-state index is -0.858. The van der Waals surface area contributed by atoms with Gasteiger partial charge in [0.1, 0.15) is 29.1 Å². The lowest BCUT2D eigenvalue weighted by molar-refractivity contribution is -0.141. The van der Waals surface area contributed by atoms with Gasteiger partial charge in [0.15, 0.2) is 6.10 Å². The van der Waals surface area contributed by atoms with Gasteiger partial charge in [0.05, 0.1) is 5.39 Å². The van der Waals surface area contributed by atoms with Gasteiger partial charge in [-0.3, -0.25) is 4.79 Å². The number of halogens is 1. The summed E-state index contributed by atoms with van der Waals surface area (Å²) >= 11 is 5.85. The molecule has 0 amide bonds. The van der Waals surface area contributed by atoms with Gasteiger partial charge in [-0.2, -0.15) is 0 Å². The average Bonchev–Trinajstić information content (AvgIpc) is 2.82. The second-order valence-electron chi connectivity index (χ2n) is 7.29. The van der Waals surface area contributed by atoms with Gasteiger partial charge in [-0.15, -0.1) is 0 Å². The summed E-state index contributed by atoms with van der Waals surface area (Å²) in [5, 5.41) is 0.880. The van der Waals surface area contributed by atoms with Gasteiger partial charge in [-0.25, -0.2) is 4.79 Å². The number of fused-ring (bicyclic) bond motifs is 1. The molecule has 1 atom stereocenters. The Kier molecular flexibility index (Phi) is 6.66. The van der Waals surface area contributed by atoms with E-state index in [9.17, 15) is 9.59 Å². The molecule has 3 aromatic carbocycles. The number of hydrogen-bond acceptors (Lipinski definition) is 6. The van der Waals surface area contributed by atoms with Crippen LogP contribution < -0.4 is 19.6 Å². The first kappa shape index (κ1) is 22.4. The van der Waals surface area contributed by atoms with Crippen molar-refractivity contribution in [2.45, 2.75) is 26.4 Å². The van der Waals surface area contributed by atoms with Gasteiger partial charge in [0, 0.05) is 11.1 Å². The smallest absolute Gasteiger partial charge is 0.352 e. The zero-order chi connectivity index (χ0) is 23.4. The zero-order valence-corrected chi connectivity index (χ0v) is 18.8. The highest BCUT2D eigenvalue weighted by Crippen LogP contribution is 2.27. The third kappa shape index (κ3) is 5.18. The summed E-state index contributed by atoms with van der Waals surface area (Å²) in [6.07, 6.45) is 1.17. The van der Waals surface area contributed by atoms with Crippen molar-refractivity contribution in [3.05, 3.63) is 93.8 Å². The predicted molar refractivity (Wildman–Crippen MR) is 126 cm³/mol. The van der Waals surface area contributed by atoms with E-state index in [0.29, 0.717) is 21.9 Å². The topological polar surface area (TPSA) is 75.0 Å². The third-order valence-electron chi connectivity index (χ3n) is 4.96. The van der Waals surface area contributed by atoms with Crippen LogP contribution in [0.3, 0.4) is 0 Å². The molecule has 0 aliphatic carbocycles. The molecule has 1 aromatic heterocycles. The summed E-state index contributed by atoms with van der Waals surface area (Å²) in [5.41, 5.74) is 0.932. The number of hydrogen-bond donors (Lipinski definition) is 0. The molecule has 0 spiro atoms. The van der Waals surface area contributed by atoms with Crippen molar-refractivity contribution in [3.8, 4) is 23.0 Å². The maximum Gasteiger partial charge on any atom is 0.352 e. The molecule has 6 nitrogen and oxygen atoms in total. The maximum atomic E-state index is 12.9. The lowest BCUT2D eigenvalue weighted by atomic mass is 10.1. The van der Waals surface area contributed by atoms with Crippen LogP contribution in [0.5, 0.6) is 23.0 Å². The normalized spacial score (nSPS) is 11.7. The first-order valence-electron chi connectivity index (χ1n) is 10.4. The summed E-state index contributed by atoms with van der Waals surface area (Å²) in [6.45, 7) is 3.59. The van der Waals surface area contributed by atoms with E-state index < -0.39 is 12.1 Å². The van der Waals surface area contributed by atoms with E-state index in [4.69, 9.17) is 30.2 Å². The minimum absolute atomic E-state index is 0.0816. The Balaban J connectivity index is 1.50. The van der Waals surface area contributed by atoms with Crippen LogP contribution in [0.1, 0.15) is 19.4 Å². The Morgan fingerprint density at radius 1 is 1.00 bits per heavy atom. The van der Waals surface area contributed by atoms with E-state index in [-0.39, 0.29) is 22.5 Å². The molecule has 4 aromatic rings. The molecule has 0 aliphatic rings. The van der Waals surface area contributed by atoms with Gasteiger partial charge in [-0.1, -0.05) is 36.7 Å². The molecule has 168 valence electrons. The fourth-order valence-electron chi connectivity index (χ4n) is 3.20. The number of carbonyl (C=O) groups excluding carboxylic acids is 1. The quantitative estimate of drug-likeness (QED) is 0.240. The Morgan fingerprint density at radius 2 is 1.73 bits per heavy atom. The van der Waals surface area contributed by atoms with Gasteiger partial charge < -0.3 is 18.6 Å². The molecule has 1 heterocycles. The standard InChI is InChI=1S/C26H21ClO6/c1-3-17-6-4-5-7-22(17)33-24-15-30-23-14-20(12-13-21(23)25(24)28)32-26(29)16(2)31-19-10-8-18(27)9-11-19/h4-16H,3H2,1-2H3. The summed E-state index contributed by atoms with van der Waals surface area (Å²) in [6, 6.07) is 18.7. The minimum Gasteiger partial charge on any atom is -0.479 e. The predicted octanol–water partition coefficient (Wildman–Crippen LogP) is 6.17. The van der Waals surface area contributed by atoms with Crippen LogP contribution in [0.25, 0.3) is 11.0 Å². The highest BCUT2D eigenvalue weighted by molar-refractivity contribution is 6.30. The van der Waals surface area contributed by atoms with Crippen LogP contribution in [-0.2, 0) is 11.2 Å². The molecule has 0 aliphatic heterocycles. The van der Waals surface area contributed by atoms with Crippen LogP contribution >= 0.6 is 11.6 Å². The van der Waals surface area contributed by atoms with Gasteiger partial charge in [-0.05, 0) is 61.4 Å². The van der Waals surface area contributed by atoms with Crippen molar-refractivity contribution >= 4 is 28.5 Å². The molecule has 0 fully saturated rings. The number of ether oxygens (including phenoxy) is 3. The van der Waals surface area contributed by atoms with Crippen LogP contribution in [0, 0.1) is 0 Å². The van der Waals surface area contributed by atoms with Crippen molar-refractivity contribution in [3.63, 3.8) is 0 Å². The van der Waals surface area contributed by atoms with Crippen LogP contribution in [0.4, 0.5) is 0 Å². The van der Waals surface area contributed by atoms with Gasteiger partial charge in [0.25, 0.3) is 0 Å². The first-order chi connectivity index (χ1) is 15.9. The van der Waals surface area contributed by atoms with E-state index in [2.05, 4.69) is 0 Å². The molecule has 7 heteroatoms. The number of carbonyl (C=O) groups is 1. The van der Waals surface area contributed by atoms with E-state index in [1.165, 1.54) is 24.5 Å². The Hall–Kier alpha value is -3.77. The molecule has 0 saturated carbocycles. The summed E-state index contributed by atoms with van der Waals surface area (Å²) < 4.78 is 22.4. The summed E-state index contributed by atoms with van der Waals surface area (Å²) in [4.78, 5) is 25.3. The third-order valence-corrected chi connectivity index (χ3v) is 5.22. The second kappa shape index (κ2) is 9.79. The molecule has 33 heavy (non-hydrogen) atoms. The summed E-state index contributed by atoms with van der Waals surface area (Å²) in [7, 11) is 0. The van der Waals surface area contributed by atoms with Crippen molar-refractivity contribution in [2.24, 2.45) is 0 Å². The molecule has 4 rings (SSSR count). The zero-order valence-electron chi connectivity index (χ0n) is 18.0. The SMILES string of the molecule is CCc1ccccc1Oc1coc2cc(OC(=O)C(C)Oc3ccc(Cl)cc3)ccc2c1=O. The molecular formula is C26H21ClO6. The molecule has 0 saturated heterocycles. The largest absolute Gasteiger partial charge is 0.479 e. The number of rotatable bonds is 7. The number of aryl methyl sites for hydroxylation is 1. The molecule has 1 unspecified atom stereocenters. The van der Waals surface area contributed by atoms with E-state index in [0.717, 1.165) is 12.0 Å². The van der Waals surface area contributed by atoms with Crippen LogP contribution in [-0.4, -0.2) is 12.1 Å². The van der Waals surface area contributed by atoms with Crippen molar-refractivity contribution in [1.82, 2.24) is 0 Å². The van der Waals surface area contributed by atoms with Gasteiger partial charge in [0.2, 0.25) is 11.2 Å². The summed E-state index contributed by atoms with van der Waals surface area (Å²) in [5.74, 6) is 0.811. The second-order valence-corrected chi connectivity index (χ2v) is 7.72. The fourth-order valence-corrected chi connectivity index (χ4v) is 3.33. The fraction of sp³-hybridized carbons (Fsp3) is 0.154. The van der Waals surface area contributed by atoms with Crippen molar-refractivity contribution < 1.29 is 23.4 Å². The average molecular weight is 465 g/mol. The monoisotopic (exact) mass is 464 g/mol. The Labute approximate surface area is 195 Å². The maximum absolute atomic E-state index is 12.9. The highest BCUT2D eigenvalue weighted by atomic mass is 35.5. The number of para-hydroxylation sites is 1. The molecular weight excluding hydrogens is 444 g/mol. The Bertz CT molecular complexity index is 1340. The molecule has 0 N–H and O–H groups in total. The van der Waals surface area contributed by atoms with E-state index >= 15 is 0 Å². The lowest BCUT2D eigenvalue weighted by Crippen LogP contribution is -2.28. The first-order valence-corrected chi connectivity index (χ1v) is 10.8. The lowest BCUT2D eigenvalue weighted by Gasteiger charge is -2.14. The van der Waals surface area contributed by atoms with Crippen molar-refractivity contribution in [2.75, 3.05) is 0 Å². The molecule has 0 radical (unpaired) electrons. The Morgan fingerprint density at radius 3 is 2.48 bits per heavy atom. The number of benzene rings is 3. The van der Waals surface area contributed by atoms with Gasteiger partial charge >= 0.3 is 5.97 Å². The van der Waals surface area contributed by atoms with Crippen LogP contribution in [0.2, 0.25) is 5.02 Å². The van der Waals surface area contributed by atoms with E-state index in [1.807, 2.05) is 25.1 Å².